The molecule has 5 rings (SSSR count). The van der Waals surface area contributed by atoms with Gasteiger partial charge in [0.1, 0.15) is 18.0 Å². The zero-order valence-electron chi connectivity index (χ0n) is 15.8. The van der Waals surface area contributed by atoms with E-state index in [2.05, 4.69) is 20.8 Å². The molecule has 1 aliphatic carbocycles. The molecular weight excluding hydrogens is 356 g/mol. The molecule has 1 fully saturated rings. The average molecular weight is 380 g/mol. The maximum absolute atomic E-state index is 12.7. The van der Waals surface area contributed by atoms with E-state index in [-0.39, 0.29) is 17.3 Å². The van der Waals surface area contributed by atoms with Gasteiger partial charge in [-0.1, -0.05) is 11.6 Å². The summed E-state index contributed by atoms with van der Waals surface area (Å²) >= 11 is 0. The second-order valence-corrected chi connectivity index (χ2v) is 8.04. The van der Waals surface area contributed by atoms with Gasteiger partial charge in [0.25, 0.3) is 0 Å². The van der Waals surface area contributed by atoms with Gasteiger partial charge >= 0.3 is 0 Å². The molecule has 7 nitrogen and oxygen atoms in total. The number of nitrogens with zero attached hydrogens (tertiary/aromatic N) is 4. The van der Waals surface area contributed by atoms with Crippen molar-refractivity contribution in [1.29, 1.82) is 0 Å². The Kier molecular flexibility index (Phi) is 4.19. The number of ether oxygens (including phenoxy) is 1. The second kappa shape index (κ2) is 6.74. The molecule has 2 aliphatic heterocycles. The van der Waals surface area contributed by atoms with Gasteiger partial charge in [-0.25, -0.2) is 0 Å². The molecule has 7 heteroatoms. The number of likely N-dealkylation sites (tertiary alicyclic amines) is 1. The third-order valence-corrected chi connectivity index (χ3v) is 6.09. The van der Waals surface area contributed by atoms with Gasteiger partial charge in [0.2, 0.25) is 5.91 Å². The van der Waals surface area contributed by atoms with Crippen molar-refractivity contribution >= 4 is 5.91 Å². The lowest BCUT2D eigenvalue weighted by atomic mass is 10.0. The van der Waals surface area contributed by atoms with Gasteiger partial charge in [0.05, 0.1) is 13.1 Å². The maximum Gasteiger partial charge on any atom is 0.226 e. The number of carbonyl (C=O) groups excluding carboxylic acids is 1. The summed E-state index contributed by atoms with van der Waals surface area (Å²) < 4.78 is 8.30. The number of benzene rings is 1. The number of phenolic OH excluding ortho intramolecular Hbond substituents is 1. The quantitative estimate of drug-likeness (QED) is 0.828. The van der Waals surface area contributed by atoms with Crippen molar-refractivity contribution in [2.75, 3.05) is 13.1 Å². The van der Waals surface area contributed by atoms with Crippen molar-refractivity contribution in [1.82, 2.24) is 19.7 Å². The van der Waals surface area contributed by atoms with Crippen LogP contribution in [0.2, 0.25) is 0 Å². The van der Waals surface area contributed by atoms with Crippen molar-refractivity contribution in [3.8, 4) is 17.1 Å². The Morgan fingerprint density at radius 2 is 2.07 bits per heavy atom. The van der Waals surface area contributed by atoms with E-state index < -0.39 is 0 Å². The summed E-state index contributed by atoms with van der Waals surface area (Å²) in [6.45, 7) is 2.39. The Morgan fingerprint density at radius 1 is 1.21 bits per heavy atom. The normalized spacial score (nSPS) is 23.9. The van der Waals surface area contributed by atoms with Crippen LogP contribution >= 0.6 is 0 Å². The molecule has 146 valence electrons. The monoisotopic (exact) mass is 380 g/mol. The Bertz CT molecular complexity index is 934. The summed E-state index contributed by atoms with van der Waals surface area (Å²) in [5, 5.41) is 18.1. The first-order valence-corrected chi connectivity index (χ1v) is 9.93. The first-order chi connectivity index (χ1) is 13.6. The van der Waals surface area contributed by atoms with E-state index in [1.165, 1.54) is 12.0 Å². The van der Waals surface area contributed by atoms with E-state index in [9.17, 15) is 9.90 Å². The molecule has 1 amide bonds. The summed E-state index contributed by atoms with van der Waals surface area (Å²) in [6, 6.07) is 6.99. The van der Waals surface area contributed by atoms with Crippen molar-refractivity contribution < 1.29 is 14.6 Å². The molecule has 1 aromatic heterocycles. The molecule has 1 saturated heterocycles. The molecule has 0 saturated carbocycles. The van der Waals surface area contributed by atoms with E-state index in [1.807, 2.05) is 17.0 Å². The van der Waals surface area contributed by atoms with Crippen LogP contribution in [0.3, 0.4) is 0 Å². The summed E-state index contributed by atoms with van der Waals surface area (Å²) in [7, 11) is 0. The molecule has 0 bridgehead atoms. The number of aromatic nitrogens is 3. The number of hydrogen-bond donors (Lipinski definition) is 1. The van der Waals surface area contributed by atoms with Crippen LogP contribution in [0.15, 0.2) is 35.9 Å². The van der Waals surface area contributed by atoms with Crippen LogP contribution in [0.25, 0.3) is 11.4 Å². The number of fused-ring (bicyclic) bond motifs is 1. The van der Waals surface area contributed by atoms with Gasteiger partial charge in [0.15, 0.2) is 11.6 Å². The maximum atomic E-state index is 12.7. The summed E-state index contributed by atoms with van der Waals surface area (Å²) in [6.07, 6.45) is 6.92. The number of hydrogen-bond acceptors (Lipinski definition) is 5. The smallest absolute Gasteiger partial charge is 0.226 e. The Hall–Kier alpha value is -2.67. The molecule has 1 spiro atoms. The highest BCUT2D eigenvalue weighted by molar-refractivity contribution is 5.79. The van der Waals surface area contributed by atoms with Gasteiger partial charge in [-0.2, -0.15) is 0 Å². The fourth-order valence-electron chi connectivity index (χ4n) is 4.49. The minimum Gasteiger partial charge on any atom is -0.508 e. The largest absolute Gasteiger partial charge is 0.508 e. The predicted octanol–water partition coefficient (Wildman–Crippen LogP) is 2.65. The van der Waals surface area contributed by atoms with Gasteiger partial charge < -0.3 is 19.3 Å². The van der Waals surface area contributed by atoms with Crippen LogP contribution in [-0.4, -0.2) is 49.4 Å². The highest BCUT2D eigenvalue weighted by atomic mass is 16.5. The minimum atomic E-state index is -0.374. The van der Waals surface area contributed by atoms with Crippen LogP contribution < -0.4 is 0 Å². The highest BCUT2D eigenvalue weighted by Crippen LogP contribution is 2.35. The molecular formula is C21H24N4O3. The van der Waals surface area contributed by atoms with E-state index in [1.54, 1.807) is 12.1 Å². The number of carbonyl (C=O) groups is 1. The summed E-state index contributed by atoms with van der Waals surface area (Å²) in [4.78, 5) is 14.7. The van der Waals surface area contributed by atoms with Crippen LogP contribution in [0, 0.1) is 0 Å². The molecule has 28 heavy (non-hydrogen) atoms. The van der Waals surface area contributed by atoms with E-state index in [0.29, 0.717) is 26.1 Å². The van der Waals surface area contributed by atoms with E-state index in [4.69, 9.17) is 4.74 Å². The van der Waals surface area contributed by atoms with Gasteiger partial charge in [-0.05, 0) is 49.9 Å². The number of amides is 1. The Balaban J connectivity index is 1.33. The zero-order valence-corrected chi connectivity index (χ0v) is 15.8. The molecule has 0 radical (unpaired) electrons. The minimum absolute atomic E-state index is 0.210. The van der Waals surface area contributed by atoms with Crippen LogP contribution in [0.4, 0.5) is 0 Å². The standard InChI is InChI=1S/C21H24N4O3/c26-17-7-5-16(6-8-17)20-23-22-18-12-28-21(14-25(18)20)9-10-24(13-21)19(27)11-15-3-1-2-4-15/h3,5-8,26H,1-2,4,9-14H2. The molecule has 3 aliphatic rings. The molecule has 3 heterocycles. The first kappa shape index (κ1) is 17.4. The van der Waals surface area contributed by atoms with Gasteiger partial charge in [0, 0.05) is 18.5 Å². The Labute approximate surface area is 163 Å². The summed E-state index contributed by atoms with van der Waals surface area (Å²) in [5.41, 5.74) is 1.82. The number of allylic oxidation sites excluding steroid dienone is 1. The molecule has 1 atom stereocenters. The molecule has 1 aromatic carbocycles. The third-order valence-electron chi connectivity index (χ3n) is 6.09. The molecule has 1 N–H and O–H groups in total. The molecule has 1 unspecified atom stereocenters. The van der Waals surface area contributed by atoms with Crippen LogP contribution in [0.1, 0.15) is 37.9 Å². The fraction of sp³-hybridized carbons (Fsp3) is 0.476. The van der Waals surface area contributed by atoms with E-state index >= 15 is 0 Å². The van der Waals surface area contributed by atoms with E-state index in [0.717, 1.165) is 43.0 Å². The lowest BCUT2D eigenvalue weighted by molar-refractivity contribution is -0.132. The summed E-state index contributed by atoms with van der Waals surface area (Å²) in [5.74, 6) is 2.01. The highest BCUT2D eigenvalue weighted by Gasteiger charge is 2.44. The topological polar surface area (TPSA) is 80.5 Å². The predicted molar refractivity (Wildman–Crippen MR) is 102 cm³/mol. The number of phenols is 1. The Morgan fingerprint density at radius 3 is 2.86 bits per heavy atom. The SMILES string of the molecule is O=C(CC1=CCCC1)N1CCC2(C1)Cn1c(nnc1-c1ccc(O)cc1)CO2. The van der Waals surface area contributed by atoms with Gasteiger partial charge in [-0.3, -0.25) is 4.79 Å². The zero-order chi connectivity index (χ0) is 19.1. The lowest BCUT2D eigenvalue weighted by Gasteiger charge is -2.34. The second-order valence-electron chi connectivity index (χ2n) is 8.04. The fourth-order valence-corrected chi connectivity index (χ4v) is 4.49. The van der Waals surface area contributed by atoms with Crippen LogP contribution in [-0.2, 0) is 22.7 Å². The first-order valence-electron chi connectivity index (χ1n) is 9.93. The van der Waals surface area contributed by atoms with Crippen LogP contribution in [0.5, 0.6) is 5.75 Å². The number of rotatable bonds is 3. The van der Waals surface area contributed by atoms with Gasteiger partial charge in [-0.15, -0.1) is 10.2 Å². The molecule has 2 aromatic rings. The number of aromatic hydroxyl groups is 1. The average Bonchev–Trinajstić information content (AvgIpc) is 3.43. The van der Waals surface area contributed by atoms with Crippen molar-refractivity contribution in [3.63, 3.8) is 0 Å². The lowest BCUT2D eigenvalue weighted by Crippen LogP contribution is -2.45. The van der Waals surface area contributed by atoms with Crippen molar-refractivity contribution in [2.24, 2.45) is 0 Å². The van der Waals surface area contributed by atoms with Crippen molar-refractivity contribution in [2.45, 2.75) is 50.9 Å². The van der Waals surface area contributed by atoms with Crippen molar-refractivity contribution in [3.05, 3.63) is 41.7 Å². The third kappa shape index (κ3) is 3.09.